The number of amides is 2. The van der Waals surface area contributed by atoms with Crippen molar-refractivity contribution in [1.82, 2.24) is 10.2 Å². The normalized spacial score (nSPS) is 12.3. The van der Waals surface area contributed by atoms with Gasteiger partial charge >= 0.3 is 0 Å². The van der Waals surface area contributed by atoms with Crippen molar-refractivity contribution in [3.63, 3.8) is 0 Å². The molecule has 1 heterocycles. The lowest BCUT2D eigenvalue weighted by atomic mass is 10.5. The third-order valence-electron chi connectivity index (χ3n) is 1.40. The summed E-state index contributed by atoms with van der Waals surface area (Å²) >= 11 is 3.78. The topological polar surface area (TPSA) is 112 Å². The van der Waals surface area contributed by atoms with Crippen molar-refractivity contribution in [3.8, 4) is 0 Å². The number of rotatable bonds is 6. The van der Waals surface area contributed by atoms with E-state index in [1.54, 1.807) is 6.92 Å². The van der Waals surface area contributed by atoms with Crippen molar-refractivity contribution in [1.29, 1.82) is 0 Å². The molecule has 1 aromatic heterocycles. The molecule has 6 nitrogen and oxygen atoms in total. The number of hydrogen-bond acceptors (Lipinski definition) is 7. The van der Waals surface area contributed by atoms with Gasteiger partial charge in [-0.2, -0.15) is 0 Å². The summed E-state index contributed by atoms with van der Waals surface area (Å²) in [6.07, 6.45) is 0. The van der Waals surface area contributed by atoms with Crippen LogP contribution in [0.1, 0.15) is 6.92 Å². The Morgan fingerprint density at radius 3 is 2.56 bits per heavy atom. The van der Waals surface area contributed by atoms with Gasteiger partial charge in [0.25, 0.3) is 0 Å². The Hall–Kier alpha value is -0.800. The molecule has 0 aromatic carbocycles. The van der Waals surface area contributed by atoms with E-state index in [2.05, 4.69) is 10.2 Å². The fourth-order valence-electron chi connectivity index (χ4n) is 0.645. The quantitative estimate of drug-likeness (QED) is 0.713. The van der Waals surface area contributed by atoms with E-state index in [1.807, 2.05) is 0 Å². The molecular formula is C7H10N4O2S3. The molecule has 0 aliphatic rings. The van der Waals surface area contributed by atoms with Gasteiger partial charge in [0.15, 0.2) is 8.68 Å². The van der Waals surface area contributed by atoms with Crippen LogP contribution < -0.4 is 11.5 Å². The summed E-state index contributed by atoms with van der Waals surface area (Å²) in [4.78, 5) is 21.4. The van der Waals surface area contributed by atoms with Crippen molar-refractivity contribution >= 4 is 46.7 Å². The first-order valence-corrected chi connectivity index (χ1v) is 6.88. The molecular weight excluding hydrogens is 268 g/mol. The van der Waals surface area contributed by atoms with Crippen molar-refractivity contribution in [2.24, 2.45) is 11.5 Å². The van der Waals surface area contributed by atoms with Crippen LogP contribution in [-0.4, -0.2) is 33.0 Å². The van der Waals surface area contributed by atoms with E-state index in [-0.39, 0.29) is 11.0 Å². The lowest BCUT2D eigenvalue weighted by Crippen LogP contribution is -2.22. The highest BCUT2D eigenvalue weighted by molar-refractivity contribution is 8.04. The second-order valence-corrected chi connectivity index (χ2v) is 6.54. The van der Waals surface area contributed by atoms with Gasteiger partial charge in [-0.1, -0.05) is 34.9 Å². The minimum absolute atomic E-state index is 0.171. The highest BCUT2D eigenvalue weighted by Crippen LogP contribution is 2.30. The summed E-state index contributed by atoms with van der Waals surface area (Å²) in [7, 11) is 0. The number of aromatic nitrogens is 2. The van der Waals surface area contributed by atoms with Gasteiger partial charge in [-0.3, -0.25) is 9.59 Å². The summed E-state index contributed by atoms with van der Waals surface area (Å²) in [5.41, 5.74) is 10.1. The lowest BCUT2D eigenvalue weighted by Gasteiger charge is -2.01. The lowest BCUT2D eigenvalue weighted by molar-refractivity contribution is -0.117. The van der Waals surface area contributed by atoms with Gasteiger partial charge < -0.3 is 11.5 Å². The molecule has 88 valence electrons. The molecule has 0 radical (unpaired) electrons. The molecule has 2 amide bonds. The van der Waals surface area contributed by atoms with E-state index >= 15 is 0 Å². The predicted molar refractivity (Wildman–Crippen MR) is 64.3 cm³/mol. The largest absolute Gasteiger partial charge is 0.369 e. The van der Waals surface area contributed by atoms with Crippen LogP contribution in [0.4, 0.5) is 0 Å². The van der Waals surface area contributed by atoms with Crippen molar-refractivity contribution < 1.29 is 9.59 Å². The summed E-state index contributed by atoms with van der Waals surface area (Å²) in [5.74, 6) is -0.628. The maximum Gasteiger partial charge on any atom is 0.230 e. The Balaban J connectivity index is 2.51. The second-order valence-electron chi connectivity index (χ2n) is 2.75. The SMILES string of the molecule is CC(Sc1nnc(SCC(N)=O)s1)C(N)=O. The van der Waals surface area contributed by atoms with Gasteiger partial charge in [0, 0.05) is 0 Å². The summed E-state index contributed by atoms with van der Waals surface area (Å²) in [6.45, 7) is 1.70. The summed E-state index contributed by atoms with van der Waals surface area (Å²) in [6, 6.07) is 0. The molecule has 0 bridgehead atoms. The van der Waals surface area contributed by atoms with Gasteiger partial charge in [-0.15, -0.1) is 10.2 Å². The zero-order valence-corrected chi connectivity index (χ0v) is 10.8. The van der Waals surface area contributed by atoms with E-state index in [4.69, 9.17) is 11.5 Å². The molecule has 1 unspecified atom stereocenters. The minimum atomic E-state index is -0.403. The average Bonchev–Trinajstić information content (AvgIpc) is 2.62. The maximum absolute atomic E-state index is 10.8. The highest BCUT2D eigenvalue weighted by Gasteiger charge is 2.14. The standard InChI is InChI=1S/C7H10N4O2S3/c1-3(5(9)13)15-7-11-10-6(16-7)14-2-4(8)12/h3H,2H2,1H3,(H2,8,12)(H2,9,13). The smallest absolute Gasteiger partial charge is 0.230 e. The first-order chi connectivity index (χ1) is 7.49. The fraction of sp³-hybridized carbons (Fsp3) is 0.429. The van der Waals surface area contributed by atoms with Gasteiger partial charge in [0.1, 0.15) is 0 Å². The Kier molecular flexibility index (Phi) is 5.03. The van der Waals surface area contributed by atoms with Crippen molar-refractivity contribution in [3.05, 3.63) is 0 Å². The predicted octanol–water partition coefficient (Wildman–Crippen LogP) is 0.0814. The first-order valence-electron chi connectivity index (χ1n) is 4.19. The molecule has 4 N–H and O–H groups in total. The summed E-state index contributed by atoms with van der Waals surface area (Å²) in [5, 5.41) is 7.37. The van der Waals surface area contributed by atoms with E-state index in [0.29, 0.717) is 8.68 Å². The number of primary amides is 2. The molecule has 9 heteroatoms. The van der Waals surface area contributed by atoms with Gasteiger partial charge in [0.2, 0.25) is 11.8 Å². The first kappa shape index (κ1) is 13.3. The van der Waals surface area contributed by atoms with Crippen LogP contribution in [0.25, 0.3) is 0 Å². The van der Waals surface area contributed by atoms with Gasteiger partial charge in [-0.25, -0.2) is 0 Å². The highest BCUT2D eigenvalue weighted by atomic mass is 32.2. The Morgan fingerprint density at radius 1 is 1.38 bits per heavy atom. The van der Waals surface area contributed by atoms with Crippen molar-refractivity contribution in [2.75, 3.05) is 5.75 Å². The van der Waals surface area contributed by atoms with Crippen LogP contribution in [0.5, 0.6) is 0 Å². The molecule has 16 heavy (non-hydrogen) atoms. The van der Waals surface area contributed by atoms with Crippen LogP contribution in [-0.2, 0) is 9.59 Å². The van der Waals surface area contributed by atoms with Gasteiger partial charge in [0.05, 0.1) is 11.0 Å². The van der Waals surface area contributed by atoms with Crippen LogP contribution >= 0.6 is 34.9 Å². The molecule has 0 aliphatic heterocycles. The summed E-state index contributed by atoms with van der Waals surface area (Å²) < 4.78 is 1.30. The van der Waals surface area contributed by atoms with E-state index in [1.165, 1.54) is 34.9 Å². The Bertz CT molecular complexity index is 395. The third-order valence-corrected chi connectivity index (χ3v) is 4.69. The number of hydrogen-bond donors (Lipinski definition) is 2. The van der Waals surface area contributed by atoms with Crippen LogP contribution in [0.3, 0.4) is 0 Å². The maximum atomic E-state index is 10.8. The molecule has 1 aromatic rings. The van der Waals surface area contributed by atoms with Gasteiger partial charge in [-0.05, 0) is 6.92 Å². The van der Waals surface area contributed by atoms with E-state index in [0.717, 1.165) is 0 Å². The molecule has 0 fully saturated rings. The number of carbonyl (C=O) groups excluding carboxylic acids is 2. The monoisotopic (exact) mass is 278 g/mol. The van der Waals surface area contributed by atoms with Crippen LogP contribution in [0.15, 0.2) is 8.68 Å². The average molecular weight is 278 g/mol. The Morgan fingerprint density at radius 2 is 2.00 bits per heavy atom. The zero-order chi connectivity index (χ0) is 12.1. The van der Waals surface area contributed by atoms with E-state index < -0.39 is 11.8 Å². The number of thioether (sulfide) groups is 2. The molecule has 0 spiro atoms. The van der Waals surface area contributed by atoms with Crippen molar-refractivity contribution in [2.45, 2.75) is 20.9 Å². The molecule has 0 saturated heterocycles. The number of nitrogens with zero attached hydrogens (tertiary/aromatic N) is 2. The molecule has 1 rings (SSSR count). The minimum Gasteiger partial charge on any atom is -0.369 e. The number of nitrogens with two attached hydrogens (primary N) is 2. The van der Waals surface area contributed by atoms with E-state index in [9.17, 15) is 9.59 Å². The second kappa shape index (κ2) is 6.06. The molecule has 1 atom stereocenters. The third kappa shape index (κ3) is 4.37. The fourth-order valence-corrected chi connectivity index (χ4v) is 3.50. The Labute approximate surface area is 105 Å². The molecule has 0 saturated carbocycles. The molecule has 0 aliphatic carbocycles. The number of carbonyl (C=O) groups is 2. The van der Waals surface area contributed by atoms with Crippen LogP contribution in [0, 0.1) is 0 Å². The zero-order valence-electron chi connectivity index (χ0n) is 8.37. The van der Waals surface area contributed by atoms with Crippen LogP contribution in [0.2, 0.25) is 0 Å².